The summed E-state index contributed by atoms with van der Waals surface area (Å²) in [6.07, 6.45) is 2.82. The number of halogens is 1. The molecule has 0 radical (unpaired) electrons. The first-order valence-electron chi connectivity index (χ1n) is 6.47. The van der Waals surface area contributed by atoms with Gasteiger partial charge in [-0.25, -0.2) is 9.97 Å². The predicted molar refractivity (Wildman–Crippen MR) is 80.1 cm³/mol. The van der Waals surface area contributed by atoms with Gasteiger partial charge in [0.05, 0.1) is 10.2 Å². The van der Waals surface area contributed by atoms with Crippen LogP contribution in [0.4, 0.5) is 5.82 Å². The molecule has 2 rings (SSSR count). The first-order valence-corrected chi connectivity index (χ1v) is 7.26. The van der Waals surface area contributed by atoms with Gasteiger partial charge in [-0.3, -0.25) is 4.68 Å². The van der Waals surface area contributed by atoms with Gasteiger partial charge in [-0.1, -0.05) is 6.92 Å². The average molecular weight is 324 g/mol. The molecule has 0 aliphatic rings. The topological polar surface area (TPSA) is 55.6 Å². The number of anilines is 1. The lowest BCUT2D eigenvalue weighted by molar-refractivity contribution is 0.606. The lowest BCUT2D eigenvalue weighted by Crippen LogP contribution is -2.07. The van der Waals surface area contributed by atoms with Gasteiger partial charge in [-0.15, -0.1) is 0 Å². The van der Waals surface area contributed by atoms with Crippen LogP contribution in [0.2, 0.25) is 0 Å². The lowest BCUT2D eigenvalue weighted by atomic mass is 10.3. The minimum atomic E-state index is 0.711. The van der Waals surface area contributed by atoms with Crippen molar-refractivity contribution in [3.05, 3.63) is 22.4 Å². The largest absolute Gasteiger partial charge is 0.369 e. The van der Waals surface area contributed by atoms with E-state index >= 15 is 0 Å². The van der Waals surface area contributed by atoms with Crippen molar-refractivity contribution in [3.8, 4) is 11.5 Å². The summed E-state index contributed by atoms with van der Waals surface area (Å²) in [6.45, 7) is 7.84. The number of aryl methyl sites for hydroxylation is 2. The molecule has 5 nitrogen and oxygen atoms in total. The molecule has 0 aromatic carbocycles. The maximum Gasteiger partial charge on any atom is 0.180 e. The molecule has 0 atom stereocenters. The molecule has 2 heterocycles. The number of nitrogens with one attached hydrogen (secondary N) is 1. The Hall–Kier alpha value is -1.43. The predicted octanol–water partition coefficient (Wildman–Crippen LogP) is 3.25. The van der Waals surface area contributed by atoms with Gasteiger partial charge in [-0.05, 0) is 42.3 Å². The van der Waals surface area contributed by atoms with Crippen molar-refractivity contribution < 1.29 is 0 Å². The Morgan fingerprint density at radius 2 is 2.11 bits per heavy atom. The van der Waals surface area contributed by atoms with E-state index in [2.05, 4.69) is 43.2 Å². The van der Waals surface area contributed by atoms with E-state index in [9.17, 15) is 0 Å². The molecule has 2 aromatic heterocycles. The van der Waals surface area contributed by atoms with Gasteiger partial charge >= 0.3 is 0 Å². The van der Waals surface area contributed by atoms with Crippen LogP contribution >= 0.6 is 15.9 Å². The van der Waals surface area contributed by atoms with Crippen molar-refractivity contribution >= 4 is 21.7 Å². The van der Waals surface area contributed by atoms with E-state index in [1.807, 2.05) is 24.6 Å². The van der Waals surface area contributed by atoms with Crippen LogP contribution in [0.15, 0.2) is 16.7 Å². The summed E-state index contributed by atoms with van der Waals surface area (Å²) in [4.78, 5) is 9.12. The molecule has 0 unspecified atom stereocenters. The van der Waals surface area contributed by atoms with E-state index in [1.54, 1.807) is 6.20 Å². The van der Waals surface area contributed by atoms with Crippen LogP contribution < -0.4 is 5.32 Å². The highest BCUT2D eigenvalue weighted by Gasteiger charge is 2.13. The average Bonchev–Trinajstić information content (AvgIpc) is 2.84. The Morgan fingerprint density at radius 3 is 2.79 bits per heavy atom. The van der Waals surface area contributed by atoms with E-state index < -0.39 is 0 Å². The molecule has 0 fully saturated rings. The summed E-state index contributed by atoms with van der Waals surface area (Å²) in [5.41, 5.74) is 1.88. The summed E-state index contributed by atoms with van der Waals surface area (Å²) in [5, 5.41) is 7.56. The third kappa shape index (κ3) is 2.94. The van der Waals surface area contributed by atoms with Gasteiger partial charge in [0.2, 0.25) is 0 Å². The fourth-order valence-corrected chi connectivity index (χ4v) is 2.19. The second-order valence-corrected chi connectivity index (χ2v) is 5.06. The number of rotatable bonds is 5. The van der Waals surface area contributed by atoms with Gasteiger partial charge in [0.15, 0.2) is 5.82 Å². The van der Waals surface area contributed by atoms with Crippen molar-refractivity contribution in [2.24, 2.45) is 0 Å². The molecule has 0 amide bonds. The number of hydrogen-bond acceptors (Lipinski definition) is 4. The van der Waals surface area contributed by atoms with E-state index in [0.717, 1.165) is 41.2 Å². The Labute approximate surface area is 121 Å². The maximum atomic E-state index is 4.58. The molecule has 0 saturated heterocycles. The SMILES string of the molecule is CCCn1nccc1-c1nc(C)c(Br)c(NCC)n1. The van der Waals surface area contributed by atoms with Crippen LogP contribution in [0.5, 0.6) is 0 Å². The number of aromatic nitrogens is 4. The molecule has 6 heteroatoms. The van der Waals surface area contributed by atoms with E-state index in [0.29, 0.717) is 5.82 Å². The van der Waals surface area contributed by atoms with Crippen molar-refractivity contribution in [2.75, 3.05) is 11.9 Å². The zero-order valence-corrected chi connectivity index (χ0v) is 13.0. The van der Waals surface area contributed by atoms with Crippen molar-refractivity contribution in [3.63, 3.8) is 0 Å². The Morgan fingerprint density at radius 1 is 1.32 bits per heavy atom. The molecule has 0 saturated carbocycles. The zero-order chi connectivity index (χ0) is 13.8. The van der Waals surface area contributed by atoms with Crippen LogP contribution in [0.3, 0.4) is 0 Å². The third-order valence-electron chi connectivity index (χ3n) is 2.74. The van der Waals surface area contributed by atoms with Gasteiger partial charge in [0.1, 0.15) is 11.5 Å². The second kappa shape index (κ2) is 6.14. The molecule has 2 aromatic rings. The van der Waals surface area contributed by atoms with Crippen LogP contribution in [-0.4, -0.2) is 26.3 Å². The highest BCUT2D eigenvalue weighted by molar-refractivity contribution is 9.10. The minimum Gasteiger partial charge on any atom is -0.369 e. The second-order valence-electron chi connectivity index (χ2n) is 4.27. The normalized spacial score (nSPS) is 10.7. The summed E-state index contributed by atoms with van der Waals surface area (Å²) in [7, 11) is 0. The molecule has 1 N–H and O–H groups in total. The Balaban J connectivity index is 2.47. The van der Waals surface area contributed by atoms with Gasteiger partial charge < -0.3 is 5.32 Å². The van der Waals surface area contributed by atoms with Crippen molar-refractivity contribution in [2.45, 2.75) is 33.7 Å². The van der Waals surface area contributed by atoms with Crippen molar-refractivity contribution in [1.29, 1.82) is 0 Å². The highest BCUT2D eigenvalue weighted by Crippen LogP contribution is 2.26. The fraction of sp³-hybridized carbons (Fsp3) is 0.462. The van der Waals surface area contributed by atoms with Crippen molar-refractivity contribution in [1.82, 2.24) is 19.7 Å². The van der Waals surface area contributed by atoms with Gasteiger partial charge in [0.25, 0.3) is 0 Å². The molecular weight excluding hydrogens is 306 g/mol. The van der Waals surface area contributed by atoms with Gasteiger partial charge in [-0.2, -0.15) is 5.10 Å². The van der Waals surface area contributed by atoms with Crippen LogP contribution in [0.25, 0.3) is 11.5 Å². The monoisotopic (exact) mass is 323 g/mol. The minimum absolute atomic E-state index is 0.711. The summed E-state index contributed by atoms with van der Waals surface area (Å²) in [5.74, 6) is 1.54. The Kier molecular flexibility index (Phi) is 4.52. The molecule has 0 bridgehead atoms. The smallest absolute Gasteiger partial charge is 0.180 e. The van der Waals surface area contributed by atoms with Crippen LogP contribution in [-0.2, 0) is 6.54 Å². The Bertz CT molecular complexity index is 564. The van der Waals surface area contributed by atoms with E-state index in [-0.39, 0.29) is 0 Å². The standard InChI is InChI=1S/C13H18BrN5/c1-4-8-19-10(6-7-16-19)12-17-9(3)11(14)13(18-12)15-5-2/h6-7H,4-5,8H2,1-3H3,(H,15,17,18). The molecule has 0 spiro atoms. The molecule has 102 valence electrons. The van der Waals surface area contributed by atoms with E-state index in [1.165, 1.54) is 0 Å². The summed E-state index contributed by atoms with van der Waals surface area (Å²) < 4.78 is 2.86. The first-order chi connectivity index (χ1) is 9.17. The van der Waals surface area contributed by atoms with Crippen LogP contribution in [0.1, 0.15) is 26.0 Å². The number of hydrogen-bond donors (Lipinski definition) is 1. The molecular formula is C13H18BrN5. The van der Waals surface area contributed by atoms with Crippen LogP contribution in [0, 0.1) is 6.92 Å². The van der Waals surface area contributed by atoms with E-state index in [4.69, 9.17) is 0 Å². The lowest BCUT2D eigenvalue weighted by Gasteiger charge is -2.11. The highest BCUT2D eigenvalue weighted by atomic mass is 79.9. The maximum absolute atomic E-state index is 4.58. The quantitative estimate of drug-likeness (QED) is 0.917. The molecule has 0 aliphatic carbocycles. The zero-order valence-electron chi connectivity index (χ0n) is 11.4. The van der Waals surface area contributed by atoms with Gasteiger partial charge in [0, 0.05) is 19.3 Å². The summed E-state index contributed by atoms with van der Waals surface area (Å²) in [6, 6.07) is 1.95. The fourth-order valence-electron chi connectivity index (χ4n) is 1.87. The first kappa shape index (κ1) is 14.0. The third-order valence-corrected chi connectivity index (χ3v) is 3.69. The number of nitrogens with zero attached hydrogens (tertiary/aromatic N) is 4. The molecule has 0 aliphatic heterocycles. The molecule has 19 heavy (non-hydrogen) atoms. The summed E-state index contributed by atoms with van der Waals surface area (Å²) >= 11 is 3.52.